The van der Waals surface area contributed by atoms with E-state index in [9.17, 15) is 14.4 Å². The molecule has 0 fully saturated rings. The summed E-state index contributed by atoms with van der Waals surface area (Å²) < 4.78 is 10.7. The maximum absolute atomic E-state index is 12.3. The minimum atomic E-state index is -0.884. The van der Waals surface area contributed by atoms with E-state index in [2.05, 4.69) is 5.32 Å². The Morgan fingerprint density at radius 1 is 0.967 bits per heavy atom. The third-order valence-corrected chi connectivity index (χ3v) is 5.14. The lowest BCUT2D eigenvalue weighted by molar-refractivity contribution is -0.136. The number of ketones is 1. The van der Waals surface area contributed by atoms with Crippen LogP contribution in [-0.4, -0.2) is 30.8 Å². The van der Waals surface area contributed by atoms with E-state index in [1.54, 1.807) is 30.3 Å². The molecule has 3 aromatic rings. The molecule has 3 rings (SSSR count). The van der Waals surface area contributed by atoms with Gasteiger partial charge in [0.25, 0.3) is 17.6 Å². The van der Waals surface area contributed by atoms with Gasteiger partial charge in [-0.3, -0.25) is 14.4 Å². The van der Waals surface area contributed by atoms with Crippen molar-refractivity contribution in [2.75, 3.05) is 18.5 Å². The quantitative estimate of drug-likeness (QED) is 0.511. The van der Waals surface area contributed by atoms with Gasteiger partial charge in [-0.05, 0) is 42.8 Å². The van der Waals surface area contributed by atoms with E-state index < -0.39 is 24.2 Å². The maximum Gasteiger partial charge on any atom is 0.296 e. The second kappa shape index (κ2) is 9.71. The summed E-state index contributed by atoms with van der Waals surface area (Å²) in [7, 11) is 0. The van der Waals surface area contributed by atoms with Crippen molar-refractivity contribution < 1.29 is 23.9 Å². The summed E-state index contributed by atoms with van der Waals surface area (Å²) in [6.45, 7) is 1.98. The molecule has 30 heavy (non-hydrogen) atoms. The molecule has 0 aliphatic rings. The Morgan fingerprint density at radius 2 is 1.60 bits per heavy atom. The van der Waals surface area contributed by atoms with Crippen molar-refractivity contribution >= 4 is 33.9 Å². The maximum atomic E-state index is 12.3. The van der Waals surface area contributed by atoms with Gasteiger partial charge >= 0.3 is 0 Å². The van der Waals surface area contributed by atoms with Crippen LogP contribution in [0.25, 0.3) is 10.4 Å². The number of hydrogen-bond donors (Lipinski definition) is 2. The molecule has 3 N–H and O–H groups in total. The smallest absolute Gasteiger partial charge is 0.296 e. The second-order valence-electron chi connectivity index (χ2n) is 6.15. The largest absolute Gasteiger partial charge is 0.494 e. The van der Waals surface area contributed by atoms with Gasteiger partial charge in [-0.2, -0.15) is 0 Å². The molecule has 0 spiro atoms. The number of benzene rings is 2. The molecule has 1 heterocycles. The minimum Gasteiger partial charge on any atom is -0.494 e. The van der Waals surface area contributed by atoms with Gasteiger partial charge in [-0.1, -0.05) is 30.3 Å². The number of primary amides is 1. The summed E-state index contributed by atoms with van der Waals surface area (Å²) in [4.78, 5) is 37.0. The molecule has 154 valence electrons. The van der Waals surface area contributed by atoms with Crippen molar-refractivity contribution in [3.63, 3.8) is 0 Å². The normalized spacial score (nSPS) is 10.3. The highest BCUT2D eigenvalue weighted by molar-refractivity contribution is 7.20. The molecule has 0 atom stereocenters. The fourth-order valence-electron chi connectivity index (χ4n) is 2.60. The van der Waals surface area contributed by atoms with Crippen molar-refractivity contribution in [3.8, 4) is 21.9 Å². The molecule has 0 radical (unpaired) electrons. The number of amides is 2. The average Bonchev–Trinajstić information content (AvgIpc) is 3.18. The van der Waals surface area contributed by atoms with Crippen LogP contribution in [0.15, 0.2) is 60.7 Å². The van der Waals surface area contributed by atoms with Crippen molar-refractivity contribution in [3.05, 3.63) is 66.2 Å². The zero-order chi connectivity index (χ0) is 21.5. The minimum absolute atomic E-state index is 0.146. The highest BCUT2D eigenvalue weighted by Gasteiger charge is 2.21. The number of hydrogen-bond acceptors (Lipinski definition) is 6. The van der Waals surface area contributed by atoms with E-state index in [4.69, 9.17) is 15.2 Å². The summed E-state index contributed by atoms with van der Waals surface area (Å²) >= 11 is 1.17. The number of nitrogens with one attached hydrogen (secondary N) is 1. The van der Waals surface area contributed by atoms with Gasteiger partial charge in [0.15, 0.2) is 6.61 Å². The van der Waals surface area contributed by atoms with Gasteiger partial charge in [0.1, 0.15) is 16.5 Å². The lowest BCUT2D eigenvalue weighted by Crippen LogP contribution is -2.28. The number of carbonyl (C=O) groups excluding carboxylic acids is 3. The lowest BCUT2D eigenvalue weighted by Gasteiger charge is -2.07. The van der Waals surface area contributed by atoms with Crippen LogP contribution < -0.4 is 20.5 Å². The topological polar surface area (TPSA) is 108 Å². The summed E-state index contributed by atoms with van der Waals surface area (Å²) in [5.74, 6) is -1.25. The Balaban J connectivity index is 1.65. The van der Waals surface area contributed by atoms with E-state index in [0.29, 0.717) is 18.1 Å². The standard InChI is InChI=1S/C22H20N2O5S/c1-2-28-15-8-10-16(11-9-15)29-13-18(25)21(27)24-22-17(20(23)26)12-19(30-22)14-6-4-3-5-7-14/h3-12H,2,13H2,1H3,(H2,23,26)(H,24,27). The number of carbonyl (C=O) groups is 3. The molecule has 2 amide bonds. The van der Waals surface area contributed by atoms with Crippen LogP contribution in [0.5, 0.6) is 11.5 Å². The Kier molecular flexibility index (Phi) is 6.82. The van der Waals surface area contributed by atoms with Crippen LogP contribution >= 0.6 is 11.3 Å². The van der Waals surface area contributed by atoms with Crippen molar-refractivity contribution in [2.45, 2.75) is 6.92 Å². The van der Waals surface area contributed by atoms with Gasteiger partial charge in [0.05, 0.1) is 12.2 Å². The first-order chi connectivity index (χ1) is 14.5. The zero-order valence-corrected chi connectivity index (χ0v) is 17.0. The van der Waals surface area contributed by atoms with Crippen LogP contribution in [0.3, 0.4) is 0 Å². The highest BCUT2D eigenvalue weighted by atomic mass is 32.1. The van der Waals surface area contributed by atoms with Crippen LogP contribution in [0, 0.1) is 0 Å². The first-order valence-electron chi connectivity index (χ1n) is 9.16. The molecule has 0 bridgehead atoms. The van der Waals surface area contributed by atoms with Gasteiger partial charge in [-0.15, -0.1) is 11.3 Å². The Hall–Kier alpha value is -3.65. The molecule has 0 saturated heterocycles. The molecular formula is C22H20N2O5S. The van der Waals surface area contributed by atoms with Crippen molar-refractivity contribution in [1.82, 2.24) is 0 Å². The van der Waals surface area contributed by atoms with Crippen LogP contribution in [0.1, 0.15) is 17.3 Å². The Morgan fingerprint density at radius 3 is 2.20 bits per heavy atom. The molecule has 7 nitrogen and oxygen atoms in total. The third-order valence-electron chi connectivity index (χ3n) is 4.04. The first-order valence-corrected chi connectivity index (χ1v) is 9.98. The zero-order valence-electron chi connectivity index (χ0n) is 16.2. The highest BCUT2D eigenvalue weighted by Crippen LogP contribution is 2.35. The summed E-state index contributed by atoms with van der Waals surface area (Å²) in [5, 5.41) is 2.70. The predicted molar refractivity (Wildman–Crippen MR) is 115 cm³/mol. The average molecular weight is 424 g/mol. The van der Waals surface area contributed by atoms with Gasteiger partial charge < -0.3 is 20.5 Å². The van der Waals surface area contributed by atoms with Crippen molar-refractivity contribution in [2.24, 2.45) is 5.73 Å². The number of ether oxygens (including phenoxy) is 2. The second-order valence-corrected chi connectivity index (χ2v) is 7.21. The predicted octanol–water partition coefficient (Wildman–Crippen LogP) is 3.50. The Bertz CT molecular complexity index is 1050. The van der Waals surface area contributed by atoms with E-state index in [-0.39, 0.29) is 10.6 Å². The van der Waals surface area contributed by atoms with Gasteiger partial charge in [0, 0.05) is 4.88 Å². The summed E-state index contributed by atoms with van der Waals surface area (Å²) in [6.07, 6.45) is 0. The van der Waals surface area contributed by atoms with Crippen LogP contribution in [-0.2, 0) is 9.59 Å². The first kappa shape index (κ1) is 21.1. The monoisotopic (exact) mass is 424 g/mol. The molecule has 0 aliphatic heterocycles. The number of nitrogens with two attached hydrogens (primary N) is 1. The SMILES string of the molecule is CCOc1ccc(OCC(=O)C(=O)Nc2sc(-c3ccccc3)cc2C(N)=O)cc1. The summed E-state index contributed by atoms with van der Waals surface area (Å²) in [5.41, 5.74) is 6.44. The van der Waals surface area contributed by atoms with E-state index >= 15 is 0 Å². The number of thiophene rings is 1. The third kappa shape index (κ3) is 5.24. The van der Waals surface area contributed by atoms with Crippen molar-refractivity contribution in [1.29, 1.82) is 0 Å². The number of Topliss-reactive ketones (excluding diaryl/α,β-unsaturated/α-hetero) is 1. The van der Waals surface area contributed by atoms with E-state index in [1.807, 2.05) is 37.3 Å². The molecule has 1 aromatic heterocycles. The van der Waals surface area contributed by atoms with E-state index in [1.165, 1.54) is 11.3 Å². The molecule has 0 saturated carbocycles. The van der Waals surface area contributed by atoms with Gasteiger partial charge in [0.2, 0.25) is 0 Å². The number of anilines is 1. The molecule has 2 aromatic carbocycles. The number of rotatable bonds is 9. The van der Waals surface area contributed by atoms with E-state index in [0.717, 1.165) is 10.4 Å². The molecule has 8 heteroatoms. The van der Waals surface area contributed by atoms with Crippen LogP contribution in [0.2, 0.25) is 0 Å². The molecular weight excluding hydrogens is 404 g/mol. The Labute approximate surface area is 177 Å². The van der Waals surface area contributed by atoms with Gasteiger partial charge in [-0.25, -0.2) is 0 Å². The fraction of sp³-hybridized carbons (Fsp3) is 0.136. The summed E-state index contributed by atoms with van der Waals surface area (Å²) in [6, 6.07) is 17.6. The lowest BCUT2D eigenvalue weighted by atomic mass is 10.1. The van der Waals surface area contributed by atoms with Crippen LogP contribution in [0.4, 0.5) is 5.00 Å². The fourth-order valence-corrected chi connectivity index (χ4v) is 3.66. The molecule has 0 unspecified atom stereocenters. The molecule has 0 aliphatic carbocycles.